The Kier molecular flexibility index (Phi) is 5.18. The van der Waals surface area contributed by atoms with Crippen LogP contribution in [0.1, 0.15) is 11.5 Å². The Morgan fingerprint density at radius 1 is 0.931 bits per heavy atom. The summed E-state index contributed by atoms with van der Waals surface area (Å²) in [6, 6.07) is 8.24. The summed E-state index contributed by atoms with van der Waals surface area (Å²) in [4.78, 5) is 7.99. The molecule has 1 aromatic carbocycles. The van der Waals surface area contributed by atoms with E-state index in [2.05, 4.69) is 20.1 Å². The van der Waals surface area contributed by atoms with Crippen molar-refractivity contribution in [3.63, 3.8) is 0 Å². The van der Waals surface area contributed by atoms with Crippen molar-refractivity contribution in [2.45, 2.75) is 12.7 Å². The van der Waals surface area contributed by atoms with Crippen LogP contribution in [0.4, 0.5) is 23.4 Å². The molecule has 1 fully saturated rings. The van der Waals surface area contributed by atoms with Gasteiger partial charge in [-0.2, -0.15) is 13.2 Å². The third kappa shape index (κ3) is 4.53. The van der Waals surface area contributed by atoms with Crippen LogP contribution in [0.25, 0.3) is 11.5 Å². The predicted molar refractivity (Wildman–Crippen MR) is 96.4 cm³/mol. The molecular weight excluding hydrogens is 390 g/mol. The summed E-state index contributed by atoms with van der Waals surface area (Å²) in [7, 11) is 0. The standard InChI is InChI=1S/C19H17F4N5O/c20-15-4-1-13(2-5-15)18-26-25-17(29-18)12-27-7-9-28(10-8-27)16-6-3-14(11-24-16)19(21,22)23/h1-6,11H,7-10,12H2. The van der Waals surface area contributed by atoms with Gasteiger partial charge in [0.1, 0.15) is 11.6 Å². The third-order valence-corrected chi connectivity index (χ3v) is 4.69. The molecule has 0 atom stereocenters. The highest BCUT2D eigenvalue weighted by molar-refractivity contribution is 5.51. The maximum Gasteiger partial charge on any atom is 0.417 e. The molecule has 2 aromatic heterocycles. The van der Waals surface area contributed by atoms with Crippen molar-refractivity contribution in [3.8, 4) is 11.5 Å². The topological polar surface area (TPSA) is 58.3 Å². The van der Waals surface area contributed by atoms with Crippen molar-refractivity contribution in [2.24, 2.45) is 0 Å². The van der Waals surface area contributed by atoms with Gasteiger partial charge in [-0.05, 0) is 36.4 Å². The number of halogens is 4. The Morgan fingerprint density at radius 2 is 1.66 bits per heavy atom. The van der Waals surface area contributed by atoms with Crippen LogP contribution in [0, 0.1) is 5.82 Å². The first-order valence-corrected chi connectivity index (χ1v) is 8.97. The van der Waals surface area contributed by atoms with Gasteiger partial charge in [-0.1, -0.05) is 0 Å². The van der Waals surface area contributed by atoms with Crippen molar-refractivity contribution in [2.75, 3.05) is 31.1 Å². The number of rotatable bonds is 4. The highest BCUT2D eigenvalue weighted by Gasteiger charge is 2.31. The summed E-state index contributed by atoms with van der Waals surface area (Å²) in [6.07, 6.45) is -3.53. The second kappa shape index (κ2) is 7.78. The normalized spacial score (nSPS) is 15.7. The number of nitrogens with zero attached hydrogens (tertiary/aromatic N) is 5. The van der Waals surface area contributed by atoms with Crippen LogP contribution >= 0.6 is 0 Å². The van der Waals surface area contributed by atoms with E-state index in [4.69, 9.17) is 4.42 Å². The van der Waals surface area contributed by atoms with Crippen LogP contribution in [0.3, 0.4) is 0 Å². The van der Waals surface area contributed by atoms with Gasteiger partial charge in [0.2, 0.25) is 11.8 Å². The van der Waals surface area contributed by atoms with Gasteiger partial charge in [-0.15, -0.1) is 10.2 Å². The number of hydrogen-bond donors (Lipinski definition) is 0. The molecule has 0 spiro atoms. The molecule has 1 aliphatic heterocycles. The lowest BCUT2D eigenvalue weighted by molar-refractivity contribution is -0.137. The summed E-state index contributed by atoms with van der Waals surface area (Å²) in [5, 5.41) is 8.03. The summed E-state index contributed by atoms with van der Waals surface area (Å²) >= 11 is 0. The number of alkyl halides is 3. The number of benzene rings is 1. The molecule has 0 N–H and O–H groups in total. The number of aromatic nitrogens is 3. The van der Waals surface area contributed by atoms with E-state index in [1.165, 1.54) is 18.2 Å². The highest BCUT2D eigenvalue weighted by atomic mass is 19.4. The van der Waals surface area contributed by atoms with Crippen molar-refractivity contribution < 1.29 is 22.0 Å². The summed E-state index contributed by atoms with van der Waals surface area (Å²) in [5.41, 5.74) is -0.114. The van der Waals surface area contributed by atoms with E-state index in [0.717, 1.165) is 12.3 Å². The minimum atomic E-state index is -4.39. The van der Waals surface area contributed by atoms with Gasteiger partial charge in [0, 0.05) is 37.9 Å². The van der Waals surface area contributed by atoms with E-state index in [0.29, 0.717) is 55.9 Å². The molecule has 0 amide bonds. The molecule has 0 unspecified atom stereocenters. The molecule has 0 saturated carbocycles. The monoisotopic (exact) mass is 407 g/mol. The van der Waals surface area contributed by atoms with E-state index in [1.54, 1.807) is 12.1 Å². The fourth-order valence-corrected chi connectivity index (χ4v) is 3.09. The zero-order valence-corrected chi connectivity index (χ0v) is 15.2. The minimum Gasteiger partial charge on any atom is -0.419 e. The van der Waals surface area contributed by atoms with Gasteiger partial charge in [0.25, 0.3) is 0 Å². The third-order valence-electron chi connectivity index (χ3n) is 4.69. The molecule has 1 aliphatic rings. The second-order valence-corrected chi connectivity index (χ2v) is 6.67. The van der Waals surface area contributed by atoms with E-state index in [-0.39, 0.29) is 5.82 Å². The maximum absolute atomic E-state index is 13.0. The molecule has 152 valence electrons. The number of anilines is 1. The fraction of sp³-hybridized carbons (Fsp3) is 0.316. The number of piperazine rings is 1. The SMILES string of the molecule is Fc1ccc(-c2nnc(CN3CCN(c4ccc(C(F)(F)F)cn4)CC3)o2)cc1. The molecule has 1 saturated heterocycles. The maximum atomic E-state index is 13.0. The van der Waals surface area contributed by atoms with Crippen LogP contribution in [0.5, 0.6) is 0 Å². The Hall–Kier alpha value is -3.01. The van der Waals surface area contributed by atoms with E-state index < -0.39 is 11.7 Å². The molecule has 3 aromatic rings. The van der Waals surface area contributed by atoms with Crippen molar-refractivity contribution in [1.29, 1.82) is 0 Å². The fourth-order valence-electron chi connectivity index (χ4n) is 3.09. The van der Waals surface area contributed by atoms with Gasteiger partial charge in [0.05, 0.1) is 12.1 Å². The van der Waals surface area contributed by atoms with Crippen LogP contribution in [0.15, 0.2) is 47.0 Å². The number of pyridine rings is 1. The average Bonchev–Trinajstić information content (AvgIpc) is 3.17. The van der Waals surface area contributed by atoms with E-state index >= 15 is 0 Å². The molecule has 6 nitrogen and oxygen atoms in total. The first-order chi connectivity index (χ1) is 13.9. The molecule has 29 heavy (non-hydrogen) atoms. The lowest BCUT2D eigenvalue weighted by Gasteiger charge is -2.34. The Labute approximate surface area is 163 Å². The molecule has 0 aliphatic carbocycles. The van der Waals surface area contributed by atoms with Crippen molar-refractivity contribution in [1.82, 2.24) is 20.1 Å². The smallest absolute Gasteiger partial charge is 0.417 e. The second-order valence-electron chi connectivity index (χ2n) is 6.67. The summed E-state index contributed by atoms with van der Waals surface area (Å²) in [5.74, 6) is 0.959. The van der Waals surface area contributed by atoms with Crippen molar-refractivity contribution >= 4 is 5.82 Å². The molecule has 3 heterocycles. The lowest BCUT2D eigenvalue weighted by atomic mass is 10.2. The summed E-state index contributed by atoms with van der Waals surface area (Å²) < 4.78 is 56.6. The van der Waals surface area contributed by atoms with E-state index in [9.17, 15) is 17.6 Å². The van der Waals surface area contributed by atoms with Crippen molar-refractivity contribution in [3.05, 3.63) is 59.9 Å². The first-order valence-electron chi connectivity index (χ1n) is 8.97. The predicted octanol–water partition coefficient (Wildman–Crippen LogP) is 3.61. The van der Waals surface area contributed by atoms with Gasteiger partial charge in [-0.3, -0.25) is 4.90 Å². The quantitative estimate of drug-likeness (QED) is 0.616. The summed E-state index contributed by atoms with van der Waals surface area (Å²) in [6.45, 7) is 3.06. The molecule has 4 rings (SSSR count). The molecular formula is C19H17F4N5O. The molecule has 0 radical (unpaired) electrons. The first kappa shape index (κ1) is 19.3. The highest BCUT2D eigenvalue weighted by Crippen LogP contribution is 2.29. The number of hydrogen-bond acceptors (Lipinski definition) is 6. The van der Waals surface area contributed by atoms with Gasteiger partial charge in [0.15, 0.2) is 0 Å². The van der Waals surface area contributed by atoms with E-state index in [1.807, 2.05) is 4.90 Å². The lowest BCUT2D eigenvalue weighted by Crippen LogP contribution is -2.46. The van der Waals surface area contributed by atoms with Gasteiger partial charge in [-0.25, -0.2) is 9.37 Å². The molecule has 0 bridgehead atoms. The Balaban J connectivity index is 1.33. The van der Waals surface area contributed by atoms with Gasteiger partial charge >= 0.3 is 6.18 Å². The zero-order chi connectivity index (χ0) is 20.4. The largest absolute Gasteiger partial charge is 0.419 e. The van der Waals surface area contributed by atoms with Crippen LogP contribution in [0.2, 0.25) is 0 Å². The average molecular weight is 407 g/mol. The molecule has 10 heteroatoms. The van der Waals surface area contributed by atoms with Gasteiger partial charge < -0.3 is 9.32 Å². The van der Waals surface area contributed by atoms with Crippen LogP contribution in [-0.4, -0.2) is 46.3 Å². The Morgan fingerprint density at radius 3 is 2.28 bits per heavy atom. The zero-order valence-electron chi connectivity index (χ0n) is 15.2. The Bertz CT molecular complexity index is 948. The van der Waals surface area contributed by atoms with Crippen LogP contribution in [-0.2, 0) is 12.7 Å². The van der Waals surface area contributed by atoms with Crippen LogP contribution < -0.4 is 4.90 Å². The minimum absolute atomic E-state index is 0.326.